The molecule has 0 spiro atoms. The summed E-state index contributed by atoms with van der Waals surface area (Å²) < 4.78 is 25.0. The van der Waals surface area contributed by atoms with Crippen LogP contribution in [0.1, 0.15) is 55.4 Å². The van der Waals surface area contributed by atoms with Crippen LogP contribution in [-0.4, -0.2) is 39.9 Å². The molecule has 1 aliphatic heterocycles. The van der Waals surface area contributed by atoms with Crippen molar-refractivity contribution in [2.24, 2.45) is 5.92 Å². The minimum absolute atomic E-state index is 0.0270. The number of amides is 1. The number of aromatic nitrogens is 1. The van der Waals surface area contributed by atoms with Crippen LogP contribution in [0.15, 0.2) is 143 Å². The molecule has 56 heavy (non-hydrogen) atoms. The molecule has 1 amide bonds. The van der Waals surface area contributed by atoms with Crippen molar-refractivity contribution < 1.29 is 33.3 Å². The average molecular weight is 769 g/mol. The number of thioether (sulfide) groups is 1. The highest BCUT2D eigenvalue weighted by Crippen LogP contribution is 2.44. The number of rotatable bonds is 13. The van der Waals surface area contributed by atoms with Gasteiger partial charge >= 0.3 is 5.97 Å². The van der Waals surface area contributed by atoms with Crippen LogP contribution in [-0.2, 0) is 37.0 Å². The Bertz CT molecular complexity index is 2170. The van der Waals surface area contributed by atoms with E-state index in [4.69, 9.17) is 23.6 Å². The van der Waals surface area contributed by atoms with E-state index in [1.54, 1.807) is 6.92 Å². The van der Waals surface area contributed by atoms with Crippen LogP contribution in [0.4, 0.5) is 0 Å². The van der Waals surface area contributed by atoms with E-state index in [1.807, 2.05) is 133 Å². The number of benzene rings is 5. The van der Waals surface area contributed by atoms with Gasteiger partial charge in [-0.15, -0.1) is 0 Å². The zero-order valence-electron chi connectivity index (χ0n) is 31.5. The van der Waals surface area contributed by atoms with E-state index in [-0.39, 0.29) is 37.2 Å². The van der Waals surface area contributed by atoms with Gasteiger partial charge in [0, 0.05) is 41.8 Å². The molecule has 5 unspecified atom stereocenters. The number of carbonyl (C=O) groups is 2. The number of nitrogens with zero attached hydrogens (tertiary/aromatic N) is 1. The maximum absolute atomic E-state index is 12.6. The van der Waals surface area contributed by atoms with E-state index in [0.29, 0.717) is 11.0 Å². The minimum Gasteiger partial charge on any atom is -0.453 e. The first-order valence-electron chi connectivity index (χ1n) is 18.7. The van der Waals surface area contributed by atoms with Crippen LogP contribution in [0.25, 0.3) is 33.7 Å². The van der Waals surface area contributed by atoms with Crippen LogP contribution in [0.2, 0.25) is 0 Å². The third-order valence-electron chi connectivity index (χ3n) is 9.86. The summed E-state index contributed by atoms with van der Waals surface area (Å²) in [6.45, 7) is 5.21. The van der Waals surface area contributed by atoms with Crippen molar-refractivity contribution in [2.75, 3.05) is 5.75 Å². The molecule has 1 aromatic heterocycles. The van der Waals surface area contributed by atoms with Gasteiger partial charge in [0.2, 0.25) is 0 Å². The molecule has 2 N–H and O–H groups in total. The summed E-state index contributed by atoms with van der Waals surface area (Å²) in [7, 11) is 0. The molecule has 7 rings (SSSR count). The predicted molar refractivity (Wildman–Crippen MR) is 216 cm³/mol. The molecule has 9 nitrogen and oxygen atoms in total. The maximum Gasteiger partial charge on any atom is 0.303 e. The van der Waals surface area contributed by atoms with Gasteiger partial charge in [0.25, 0.3) is 11.1 Å². The zero-order valence-corrected chi connectivity index (χ0v) is 32.3. The van der Waals surface area contributed by atoms with Crippen molar-refractivity contribution in [3.8, 4) is 33.7 Å². The Balaban J connectivity index is 1.12. The molecule has 5 aromatic carbocycles. The quantitative estimate of drug-likeness (QED) is 0.0875. The molecule has 0 bridgehead atoms. The number of aliphatic hydroxyl groups is 1. The fourth-order valence-electron chi connectivity index (χ4n) is 6.81. The molecule has 6 aromatic rings. The molecular weight excluding hydrogens is 725 g/mol. The number of hydrogen-bond acceptors (Lipinski definition) is 9. The van der Waals surface area contributed by atoms with Crippen molar-refractivity contribution in [1.29, 1.82) is 0 Å². The normalized spacial score (nSPS) is 18.6. The average Bonchev–Trinajstić information content (AvgIpc) is 3.67. The Hall–Kier alpha value is -5.52. The summed E-state index contributed by atoms with van der Waals surface area (Å²) in [6.07, 6.45) is -2.05. The Kier molecular flexibility index (Phi) is 12.4. The summed E-state index contributed by atoms with van der Waals surface area (Å²) in [5, 5.41) is 13.1. The molecule has 0 radical (unpaired) electrons. The predicted octanol–water partition coefficient (Wildman–Crippen LogP) is 9.32. The van der Waals surface area contributed by atoms with Gasteiger partial charge in [0.15, 0.2) is 18.2 Å². The zero-order chi connectivity index (χ0) is 39.0. The Labute approximate surface area is 331 Å². The van der Waals surface area contributed by atoms with E-state index in [0.717, 1.165) is 56.0 Å². The topological polar surface area (TPSA) is 120 Å². The van der Waals surface area contributed by atoms with E-state index >= 15 is 0 Å². The Morgan fingerprint density at radius 1 is 0.804 bits per heavy atom. The van der Waals surface area contributed by atoms with Crippen LogP contribution in [0, 0.1) is 5.92 Å². The highest BCUT2D eigenvalue weighted by Gasteiger charge is 2.39. The van der Waals surface area contributed by atoms with Gasteiger partial charge in [-0.3, -0.25) is 9.59 Å². The number of aliphatic hydroxyl groups excluding tert-OH is 1. The fourth-order valence-corrected chi connectivity index (χ4v) is 7.79. The standard InChI is InChI=1S/C46H44N2O7S/c1-29-40(28-56-46-48-41(34-12-6-4-7-13-34)43(55-46)35-14-8-5-9-15-35)53-45(54-42(29)36-20-18-32(27-49)19-21-36)37-24-22-33(23-25-37)39-17-11-10-16-38(39)26-47-44(51)30(2)52-31(3)50/h4-25,29-30,40,42,45,49H,26-28H2,1-3H3,(H,47,51). The van der Waals surface area contributed by atoms with Crippen LogP contribution in [0.5, 0.6) is 0 Å². The van der Waals surface area contributed by atoms with Crippen molar-refractivity contribution in [1.82, 2.24) is 10.3 Å². The third kappa shape index (κ3) is 9.12. The van der Waals surface area contributed by atoms with Crippen LogP contribution >= 0.6 is 11.8 Å². The lowest BCUT2D eigenvalue weighted by molar-refractivity contribution is -0.268. The number of carbonyl (C=O) groups excluding carboxylic acids is 2. The van der Waals surface area contributed by atoms with Crippen molar-refractivity contribution in [3.05, 3.63) is 156 Å². The lowest BCUT2D eigenvalue weighted by Crippen LogP contribution is -2.38. The first-order chi connectivity index (χ1) is 27.3. The summed E-state index contributed by atoms with van der Waals surface area (Å²) >= 11 is 1.52. The van der Waals surface area contributed by atoms with Crippen molar-refractivity contribution >= 4 is 23.6 Å². The first-order valence-corrected chi connectivity index (χ1v) is 19.6. The molecule has 1 aliphatic rings. The lowest BCUT2D eigenvalue weighted by Gasteiger charge is -2.41. The van der Waals surface area contributed by atoms with E-state index in [1.165, 1.54) is 18.7 Å². The summed E-state index contributed by atoms with van der Waals surface area (Å²) in [5.74, 6) is 0.397. The van der Waals surface area contributed by atoms with Gasteiger partial charge in [-0.05, 0) is 34.7 Å². The molecule has 1 fully saturated rings. The van der Waals surface area contributed by atoms with Gasteiger partial charge in [-0.25, -0.2) is 4.98 Å². The maximum atomic E-state index is 12.6. The van der Waals surface area contributed by atoms with Gasteiger partial charge < -0.3 is 29.1 Å². The smallest absolute Gasteiger partial charge is 0.303 e. The van der Waals surface area contributed by atoms with E-state index in [9.17, 15) is 14.7 Å². The van der Waals surface area contributed by atoms with E-state index in [2.05, 4.69) is 12.2 Å². The van der Waals surface area contributed by atoms with Gasteiger partial charge in [0.05, 0.1) is 18.8 Å². The Morgan fingerprint density at radius 2 is 1.45 bits per heavy atom. The van der Waals surface area contributed by atoms with Gasteiger partial charge in [-0.2, -0.15) is 0 Å². The summed E-state index contributed by atoms with van der Waals surface area (Å²) in [5.41, 5.74) is 8.27. The molecular formula is C46H44N2O7S. The Morgan fingerprint density at radius 3 is 2.12 bits per heavy atom. The third-order valence-corrected chi connectivity index (χ3v) is 10.8. The fraction of sp³-hybridized carbons (Fsp3) is 0.239. The van der Waals surface area contributed by atoms with Gasteiger partial charge in [-0.1, -0.05) is 152 Å². The van der Waals surface area contributed by atoms with Crippen LogP contribution < -0.4 is 5.32 Å². The molecule has 1 saturated heterocycles. The van der Waals surface area contributed by atoms with E-state index < -0.39 is 18.4 Å². The minimum atomic E-state index is -0.885. The number of oxazole rings is 1. The highest BCUT2D eigenvalue weighted by molar-refractivity contribution is 7.99. The molecule has 2 heterocycles. The number of hydrogen-bond donors (Lipinski definition) is 2. The molecule has 5 atom stereocenters. The molecule has 0 aliphatic carbocycles. The summed E-state index contributed by atoms with van der Waals surface area (Å²) in [6, 6.07) is 43.9. The number of esters is 1. The number of nitrogens with one attached hydrogen (secondary N) is 1. The second-order valence-electron chi connectivity index (χ2n) is 13.8. The lowest BCUT2D eigenvalue weighted by atomic mass is 9.91. The molecule has 286 valence electrons. The van der Waals surface area contributed by atoms with Crippen molar-refractivity contribution in [3.63, 3.8) is 0 Å². The SMILES string of the molecule is CC(=O)OC(C)C(=O)NCc1ccccc1-c1ccc(C2OC(CSc3nc(-c4ccccc4)c(-c4ccccc4)o3)C(C)C(c3ccc(CO)cc3)O2)cc1. The molecule has 10 heteroatoms. The number of ether oxygens (including phenoxy) is 3. The van der Waals surface area contributed by atoms with Crippen LogP contribution in [0.3, 0.4) is 0 Å². The monoisotopic (exact) mass is 768 g/mol. The second kappa shape index (κ2) is 18.0. The highest BCUT2D eigenvalue weighted by atomic mass is 32.2. The largest absolute Gasteiger partial charge is 0.453 e. The second-order valence-corrected chi connectivity index (χ2v) is 14.7. The summed E-state index contributed by atoms with van der Waals surface area (Å²) in [4.78, 5) is 28.8. The molecule has 0 saturated carbocycles. The van der Waals surface area contributed by atoms with Gasteiger partial charge in [0.1, 0.15) is 5.69 Å². The first kappa shape index (κ1) is 38.7. The van der Waals surface area contributed by atoms with Crippen molar-refractivity contribution in [2.45, 2.75) is 63.7 Å².